The number of nitrogens with two attached hydrogens (primary N) is 1. The Bertz CT molecular complexity index is 778. The van der Waals surface area contributed by atoms with Crippen LogP contribution in [0.15, 0.2) is 42.5 Å². The zero-order valence-electron chi connectivity index (χ0n) is 11.0. The van der Waals surface area contributed by atoms with Crippen LogP contribution in [0.1, 0.15) is 11.1 Å². The van der Waals surface area contributed by atoms with Gasteiger partial charge in [0, 0.05) is 24.2 Å². The molecule has 1 aromatic heterocycles. The molecule has 2 N–H and O–H groups in total. The Labute approximate surface area is 121 Å². The van der Waals surface area contributed by atoms with Crippen molar-refractivity contribution >= 4 is 33.1 Å². The van der Waals surface area contributed by atoms with E-state index in [-0.39, 0.29) is 0 Å². The summed E-state index contributed by atoms with van der Waals surface area (Å²) in [5, 5.41) is 2.53. The van der Waals surface area contributed by atoms with Crippen LogP contribution in [0.5, 0.6) is 0 Å². The molecule has 0 amide bonds. The standard InChI is InChI=1S/C16H15N3S/c17-14-6-3-4-11-10-19(9-8-12(11)14)16-13-5-1-2-7-15(13)18-20-16/h1-7H,8-10,17H2. The average molecular weight is 281 g/mol. The molecule has 0 fully saturated rings. The molecule has 0 atom stereocenters. The molecule has 0 spiro atoms. The summed E-state index contributed by atoms with van der Waals surface area (Å²) in [6.45, 7) is 1.93. The molecule has 0 bridgehead atoms. The van der Waals surface area contributed by atoms with Gasteiger partial charge in [-0.05, 0) is 47.3 Å². The van der Waals surface area contributed by atoms with Crippen molar-refractivity contribution in [3.8, 4) is 0 Å². The van der Waals surface area contributed by atoms with Gasteiger partial charge >= 0.3 is 0 Å². The van der Waals surface area contributed by atoms with Gasteiger partial charge in [0.1, 0.15) is 5.00 Å². The summed E-state index contributed by atoms with van der Waals surface area (Å²) >= 11 is 1.59. The van der Waals surface area contributed by atoms with Crippen LogP contribution < -0.4 is 10.6 Å². The van der Waals surface area contributed by atoms with Gasteiger partial charge in [0.25, 0.3) is 0 Å². The number of benzene rings is 2. The lowest BCUT2D eigenvalue weighted by Crippen LogP contribution is -2.30. The molecule has 0 saturated carbocycles. The third-order valence-corrected chi connectivity index (χ3v) is 4.89. The molecule has 0 radical (unpaired) electrons. The molecular weight excluding hydrogens is 266 g/mol. The average Bonchev–Trinajstić information content (AvgIpc) is 2.91. The van der Waals surface area contributed by atoms with E-state index in [1.54, 1.807) is 11.5 Å². The Morgan fingerprint density at radius 1 is 1.10 bits per heavy atom. The van der Waals surface area contributed by atoms with E-state index < -0.39 is 0 Å². The maximum atomic E-state index is 6.07. The van der Waals surface area contributed by atoms with E-state index in [2.05, 4.69) is 33.5 Å². The van der Waals surface area contributed by atoms with Crippen LogP contribution in [0, 0.1) is 0 Å². The van der Waals surface area contributed by atoms with Crippen LogP contribution in [0.3, 0.4) is 0 Å². The predicted octanol–water partition coefficient (Wildman–Crippen LogP) is 3.44. The number of fused-ring (bicyclic) bond motifs is 2. The largest absolute Gasteiger partial charge is 0.398 e. The Hall–Kier alpha value is -2.07. The molecule has 100 valence electrons. The van der Waals surface area contributed by atoms with Gasteiger partial charge in [0.15, 0.2) is 0 Å². The van der Waals surface area contributed by atoms with E-state index in [9.17, 15) is 0 Å². The Balaban J connectivity index is 1.75. The van der Waals surface area contributed by atoms with Gasteiger partial charge in [-0.1, -0.05) is 24.3 Å². The minimum Gasteiger partial charge on any atom is -0.398 e. The van der Waals surface area contributed by atoms with E-state index in [0.717, 1.165) is 30.7 Å². The molecule has 4 rings (SSSR count). The lowest BCUT2D eigenvalue weighted by Gasteiger charge is -2.30. The fraction of sp³-hybridized carbons (Fsp3) is 0.188. The van der Waals surface area contributed by atoms with E-state index >= 15 is 0 Å². The third-order valence-electron chi connectivity index (χ3n) is 3.95. The van der Waals surface area contributed by atoms with Crippen molar-refractivity contribution in [3.63, 3.8) is 0 Å². The zero-order chi connectivity index (χ0) is 13.5. The molecule has 3 nitrogen and oxygen atoms in total. The van der Waals surface area contributed by atoms with Crippen LogP contribution in [-0.4, -0.2) is 10.9 Å². The highest BCUT2D eigenvalue weighted by molar-refractivity contribution is 7.11. The van der Waals surface area contributed by atoms with Crippen molar-refractivity contribution in [2.75, 3.05) is 17.2 Å². The van der Waals surface area contributed by atoms with E-state index in [1.165, 1.54) is 21.5 Å². The normalized spacial score (nSPS) is 14.5. The maximum absolute atomic E-state index is 6.07. The van der Waals surface area contributed by atoms with Crippen molar-refractivity contribution in [1.82, 2.24) is 4.37 Å². The number of hydrogen-bond acceptors (Lipinski definition) is 4. The quantitative estimate of drug-likeness (QED) is 0.695. The number of rotatable bonds is 1. The highest BCUT2D eigenvalue weighted by Crippen LogP contribution is 2.35. The van der Waals surface area contributed by atoms with Crippen LogP contribution in [-0.2, 0) is 13.0 Å². The molecule has 3 aromatic rings. The van der Waals surface area contributed by atoms with E-state index in [1.807, 2.05) is 18.2 Å². The van der Waals surface area contributed by atoms with Crippen LogP contribution in [0.4, 0.5) is 10.7 Å². The summed E-state index contributed by atoms with van der Waals surface area (Å²) in [4.78, 5) is 2.42. The summed E-state index contributed by atoms with van der Waals surface area (Å²) in [5.41, 5.74) is 10.7. The number of aromatic nitrogens is 1. The molecule has 4 heteroatoms. The highest BCUT2D eigenvalue weighted by atomic mass is 32.1. The first-order valence-corrected chi connectivity index (χ1v) is 7.56. The number of anilines is 2. The monoisotopic (exact) mass is 281 g/mol. The predicted molar refractivity (Wildman–Crippen MR) is 85.2 cm³/mol. The van der Waals surface area contributed by atoms with E-state index in [0.29, 0.717) is 0 Å². The summed E-state index contributed by atoms with van der Waals surface area (Å²) in [6, 6.07) is 14.6. The minimum absolute atomic E-state index is 0.923. The number of nitrogen functional groups attached to an aromatic ring is 1. The molecule has 20 heavy (non-hydrogen) atoms. The number of nitrogens with zero attached hydrogens (tertiary/aromatic N) is 2. The second-order valence-corrected chi connectivity index (χ2v) is 5.91. The smallest absolute Gasteiger partial charge is 0.120 e. The molecule has 1 aliphatic rings. The SMILES string of the molecule is Nc1cccc2c1CCN(c1snc3ccccc13)C2. The lowest BCUT2D eigenvalue weighted by molar-refractivity contribution is 0.741. The summed E-state index contributed by atoms with van der Waals surface area (Å²) in [6.07, 6.45) is 1.01. The second kappa shape index (κ2) is 4.49. The fourth-order valence-corrected chi connectivity index (χ4v) is 3.80. The molecular formula is C16H15N3S. The fourth-order valence-electron chi connectivity index (χ4n) is 2.92. The van der Waals surface area contributed by atoms with Gasteiger partial charge in [-0.2, -0.15) is 4.37 Å². The molecule has 2 aromatic carbocycles. The highest BCUT2D eigenvalue weighted by Gasteiger charge is 2.21. The van der Waals surface area contributed by atoms with Gasteiger partial charge in [-0.15, -0.1) is 0 Å². The van der Waals surface area contributed by atoms with Gasteiger partial charge in [-0.25, -0.2) is 0 Å². The van der Waals surface area contributed by atoms with Gasteiger partial charge in [0.05, 0.1) is 5.52 Å². The van der Waals surface area contributed by atoms with Crippen LogP contribution in [0.2, 0.25) is 0 Å². The topological polar surface area (TPSA) is 42.1 Å². The summed E-state index contributed by atoms with van der Waals surface area (Å²) < 4.78 is 4.54. The Morgan fingerprint density at radius 2 is 2.00 bits per heavy atom. The van der Waals surface area contributed by atoms with Crippen molar-refractivity contribution in [3.05, 3.63) is 53.6 Å². The maximum Gasteiger partial charge on any atom is 0.120 e. The van der Waals surface area contributed by atoms with Crippen molar-refractivity contribution in [1.29, 1.82) is 0 Å². The van der Waals surface area contributed by atoms with Gasteiger partial charge in [0.2, 0.25) is 0 Å². The van der Waals surface area contributed by atoms with Crippen LogP contribution >= 0.6 is 11.5 Å². The molecule has 2 heterocycles. The van der Waals surface area contributed by atoms with Crippen molar-refractivity contribution < 1.29 is 0 Å². The Morgan fingerprint density at radius 3 is 2.95 bits per heavy atom. The molecule has 1 aliphatic heterocycles. The summed E-state index contributed by atoms with van der Waals surface area (Å²) in [5.74, 6) is 0. The first kappa shape index (κ1) is 11.7. The number of hydrogen-bond donors (Lipinski definition) is 1. The van der Waals surface area contributed by atoms with Crippen LogP contribution in [0.25, 0.3) is 10.9 Å². The second-order valence-electron chi connectivity index (χ2n) is 5.16. The molecule has 0 unspecified atom stereocenters. The first-order chi connectivity index (χ1) is 9.83. The minimum atomic E-state index is 0.923. The van der Waals surface area contributed by atoms with Gasteiger partial charge in [-0.3, -0.25) is 0 Å². The molecule has 0 saturated heterocycles. The summed E-state index contributed by atoms with van der Waals surface area (Å²) in [7, 11) is 0. The third kappa shape index (κ3) is 1.76. The van der Waals surface area contributed by atoms with Gasteiger partial charge < -0.3 is 10.6 Å². The zero-order valence-corrected chi connectivity index (χ0v) is 11.9. The lowest BCUT2D eigenvalue weighted by atomic mass is 9.98. The van der Waals surface area contributed by atoms with E-state index in [4.69, 9.17) is 5.73 Å². The first-order valence-electron chi connectivity index (χ1n) is 6.78. The van der Waals surface area contributed by atoms with Crippen molar-refractivity contribution in [2.24, 2.45) is 0 Å². The Kier molecular flexibility index (Phi) is 2.63. The van der Waals surface area contributed by atoms with Crippen molar-refractivity contribution in [2.45, 2.75) is 13.0 Å². The molecule has 0 aliphatic carbocycles.